The Morgan fingerprint density at radius 2 is 2.17 bits per heavy atom. The van der Waals surface area contributed by atoms with Crippen LogP contribution in [0.4, 0.5) is 5.69 Å². The maximum absolute atomic E-state index is 12.5. The highest BCUT2D eigenvalue weighted by molar-refractivity contribution is 5.96. The molecule has 3 rings (SSSR count). The lowest BCUT2D eigenvalue weighted by atomic mass is 9.95. The Balaban J connectivity index is 1.89. The summed E-state index contributed by atoms with van der Waals surface area (Å²) in [5.74, 6) is 0.208. The van der Waals surface area contributed by atoms with E-state index in [1.165, 1.54) is 0 Å². The van der Waals surface area contributed by atoms with Crippen LogP contribution in [0.15, 0.2) is 24.3 Å². The number of nitrogens with two attached hydrogens (primary N) is 1. The molecular formula is C14H18N2O2. The first-order valence-corrected chi connectivity index (χ1v) is 6.51. The molecule has 2 atom stereocenters. The second kappa shape index (κ2) is 4.71. The lowest BCUT2D eigenvalue weighted by molar-refractivity contribution is -0.122. The maximum Gasteiger partial charge on any atom is 0.232 e. The number of carbonyl (C=O) groups is 1. The first-order valence-electron chi connectivity index (χ1n) is 6.51. The number of para-hydroxylation sites is 1. The number of carbonyl (C=O) groups excluding carboxylic acids is 1. The van der Waals surface area contributed by atoms with E-state index in [1.807, 2.05) is 29.2 Å². The Kier molecular flexibility index (Phi) is 3.06. The van der Waals surface area contributed by atoms with E-state index in [0.29, 0.717) is 19.8 Å². The highest BCUT2D eigenvalue weighted by Gasteiger charge is 2.32. The summed E-state index contributed by atoms with van der Waals surface area (Å²) >= 11 is 0. The van der Waals surface area contributed by atoms with E-state index in [-0.39, 0.29) is 17.9 Å². The number of anilines is 1. The zero-order chi connectivity index (χ0) is 12.5. The van der Waals surface area contributed by atoms with E-state index >= 15 is 0 Å². The summed E-state index contributed by atoms with van der Waals surface area (Å²) < 4.78 is 5.31. The second-order valence-corrected chi connectivity index (χ2v) is 5.00. The Labute approximate surface area is 107 Å². The SMILES string of the molecule is NC1CCN(C(=O)C2CCOC2)c2ccccc21. The van der Waals surface area contributed by atoms with Crippen molar-refractivity contribution in [3.63, 3.8) is 0 Å². The summed E-state index contributed by atoms with van der Waals surface area (Å²) in [6.45, 7) is 1.97. The molecule has 2 aliphatic rings. The van der Waals surface area contributed by atoms with Crippen molar-refractivity contribution in [1.82, 2.24) is 0 Å². The number of fused-ring (bicyclic) bond motifs is 1. The van der Waals surface area contributed by atoms with Crippen molar-refractivity contribution in [1.29, 1.82) is 0 Å². The van der Waals surface area contributed by atoms with Gasteiger partial charge >= 0.3 is 0 Å². The van der Waals surface area contributed by atoms with Crippen LogP contribution in [0.3, 0.4) is 0 Å². The van der Waals surface area contributed by atoms with Gasteiger partial charge in [0, 0.05) is 24.9 Å². The van der Waals surface area contributed by atoms with E-state index in [0.717, 1.165) is 24.1 Å². The number of hydrogen-bond acceptors (Lipinski definition) is 3. The molecule has 2 heterocycles. The van der Waals surface area contributed by atoms with Gasteiger partial charge in [-0.05, 0) is 24.5 Å². The minimum absolute atomic E-state index is 0.0207. The van der Waals surface area contributed by atoms with Crippen LogP contribution in [0.25, 0.3) is 0 Å². The summed E-state index contributed by atoms with van der Waals surface area (Å²) in [5.41, 5.74) is 8.16. The van der Waals surface area contributed by atoms with Gasteiger partial charge < -0.3 is 15.4 Å². The molecule has 1 aromatic rings. The smallest absolute Gasteiger partial charge is 0.232 e. The van der Waals surface area contributed by atoms with Crippen LogP contribution < -0.4 is 10.6 Å². The fraction of sp³-hybridized carbons (Fsp3) is 0.500. The minimum Gasteiger partial charge on any atom is -0.381 e. The molecule has 0 aromatic heterocycles. The monoisotopic (exact) mass is 246 g/mol. The van der Waals surface area contributed by atoms with Crippen LogP contribution in [-0.4, -0.2) is 25.7 Å². The Bertz CT molecular complexity index is 455. The molecule has 1 amide bonds. The average molecular weight is 246 g/mol. The molecule has 1 aromatic carbocycles. The van der Waals surface area contributed by atoms with Gasteiger partial charge in [-0.1, -0.05) is 18.2 Å². The van der Waals surface area contributed by atoms with E-state index in [1.54, 1.807) is 0 Å². The lowest BCUT2D eigenvalue weighted by Crippen LogP contribution is -2.41. The molecule has 2 unspecified atom stereocenters. The lowest BCUT2D eigenvalue weighted by Gasteiger charge is -2.34. The third kappa shape index (κ3) is 1.91. The van der Waals surface area contributed by atoms with Gasteiger partial charge in [-0.25, -0.2) is 0 Å². The first kappa shape index (κ1) is 11.7. The molecule has 2 aliphatic heterocycles. The molecule has 0 saturated carbocycles. The molecule has 1 fully saturated rings. The molecular weight excluding hydrogens is 228 g/mol. The second-order valence-electron chi connectivity index (χ2n) is 5.00. The Morgan fingerprint density at radius 1 is 1.33 bits per heavy atom. The van der Waals surface area contributed by atoms with E-state index < -0.39 is 0 Å². The molecule has 96 valence electrons. The van der Waals surface area contributed by atoms with Gasteiger partial charge in [-0.15, -0.1) is 0 Å². The van der Waals surface area contributed by atoms with Crippen LogP contribution in [0, 0.1) is 5.92 Å². The number of ether oxygens (including phenoxy) is 1. The first-order chi connectivity index (χ1) is 8.77. The van der Waals surface area contributed by atoms with E-state index in [4.69, 9.17) is 10.5 Å². The third-order valence-corrected chi connectivity index (χ3v) is 3.84. The van der Waals surface area contributed by atoms with Crippen LogP contribution in [0.2, 0.25) is 0 Å². The molecule has 0 radical (unpaired) electrons. The van der Waals surface area contributed by atoms with Gasteiger partial charge in [0.1, 0.15) is 0 Å². The van der Waals surface area contributed by atoms with Crippen molar-refractivity contribution in [3.8, 4) is 0 Å². The fourth-order valence-corrected chi connectivity index (χ4v) is 2.77. The van der Waals surface area contributed by atoms with Crippen molar-refractivity contribution < 1.29 is 9.53 Å². The molecule has 2 N–H and O–H groups in total. The fourth-order valence-electron chi connectivity index (χ4n) is 2.77. The number of hydrogen-bond donors (Lipinski definition) is 1. The molecule has 0 aliphatic carbocycles. The summed E-state index contributed by atoms with van der Waals surface area (Å²) in [6, 6.07) is 7.99. The highest BCUT2D eigenvalue weighted by Crippen LogP contribution is 2.33. The van der Waals surface area contributed by atoms with Crippen molar-refractivity contribution in [2.24, 2.45) is 11.7 Å². The largest absolute Gasteiger partial charge is 0.381 e. The van der Waals surface area contributed by atoms with Crippen LogP contribution >= 0.6 is 0 Å². The molecule has 4 nitrogen and oxygen atoms in total. The van der Waals surface area contributed by atoms with E-state index in [9.17, 15) is 4.79 Å². The van der Waals surface area contributed by atoms with Crippen LogP contribution in [-0.2, 0) is 9.53 Å². The highest BCUT2D eigenvalue weighted by atomic mass is 16.5. The number of nitrogens with zero attached hydrogens (tertiary/aromatic N) is 1. The zero-order valence-corrected chi connectivity index (χ0v) is 10.3. The summed E-state index contributed by atoms with van der Waals surface area (Å²) in [7, 11) is 0. The third-order valence-electron chi connectivity index (χ3n) is 3.84. The molecule has 4 heteroatoms. The number of rotatable bonds is 1. The minimum atomic E-state index is 0.0207. The normalized spacial score (nSPS) is 27.1. The van der Waals surface area contributed by atoms with Crippen molar-refractivity contribution in [3.05, 3.63) is 29.8 Å². The van der Waals surface area contributed by atoms with Gasteiger partial charge in [0.05, 0.1) is 12.5 Å². The Morgan fingerprint density at radius 3 is 2.94 bits per heavy atom. The van der Waals surface area contributed by atoms with Gasteiger partial charge in [0.15, 0.2) is 0 Å². The maximum atomic E-state index is 12.5. The average Bonchev–Trinajstić information content (AvgIpc) is 2.93. The van der Waals surface area contributed by atoms with E-state index in [2.05, 4.69) is 0 Å². The van der Waals surface area contributed by atoms with Crippen molar-refractivity contribution in [2.75, 3.05) is 24.7 Å². The summed E-state index contributed by atoms with van der Waals surface area (Å²) in [5, 5.41) is 0. The van der Waals surface area contributed by atoms with Crippen molar-refractivity contribution in [2.45, 2.75) is 18.9 Å². The molecule has 0 bridgehead atoms. The Hall–Kier alpha value is -1.39. The van der Waals surface area contributed by atoms with Crippen LogP contribution in [0.5, 0.6) is 0 Å². The molecule has 18 heavy (non-hydrogen) atoms. The summed E-state index contributed by atoms with van der Waals surface area (Å²) in [4.78, 5) is 14.4. The van der Waals surface area contributed by atoms with Crippen molar-refractivity contribution >= 4 is 11.6 Å². The number of amides is 1. The van der Waals surface area contributed by atoms with Crippen LogP contribution in [0.1, 0.15) is 24.4 Å². The zero-order valence-electron chi connectivity index (χ0n) is 10.3. The number of benzene rings is 1. The van der Waals surface area contributed by atoms with Gasteiger partial charge in [0.25, 0.3) is 0 Å². The quantitative estimate of drug-likeness (QED) is 0.816. The standard InChI is InChI=1S/C14H18N2O2/c15-12-5-7-16(13-4-2-1-3-11(12)13)14(17)10-6-8-18-9-10/h1-4,10,12H,5-9,15H2. The molecule has 0 spiro atoms. The van der Waals surface area contributed by atoms with Gasteiger partial charge in [0.2, 0.25) is 5.91 Å². The molecule has 1 saturated heterocycles. The summed E-state index contributed by atoms with van der Waals surface area (Å²) in [6.07, 6.45) is 1.67. The topological polar surface area (TPSA) is 55.6 Å². The van der Waals surface area contributed by atoms with Gasteiger partial charge in [-0.3, -0.25) is 4.79 Å². The van der Waals surface area contributed by atoms with Gasteiger partial charge in [-0.2, -0.15) is 0 Å². The predicted octanol–water partition coefficient (Wildman–Crippen LogP) is 1.46. The predicted molar refractivity (Wildman–Crippen MR) is 69.3 cm³/mol.